The van der Waals surface area contributed by atoms with E-state index >= 15 is 0 Å². The average Bonchev–Trinajstić information content (AvgIpc) is 3.15. The Morgan fingerprint density at radius 2 is 2.04 bits per heavy atom. The molecule has 136 valence electrons. The summed E-state index contributed by atoms with van der Waals surface area (Å²) in [6.07, 6.45) is 1.49. The van der Waals surface area contributed by atoms with Crippen LogP contribution >= 0.6 is 22.7 Å². The van der Waals surface area contributed by atoms with E-state index in [1.807, 2.05) is 24.3 Å². The largest absolute Gasteiger partial charge is 0.319 e. The smallest absolute Gasteiger partial charge is 0.263 e. The number of sulfone groups is 1. The van der Waals surface area contributed by atoms with Crippen molar-refractivity contribution in [1.29, 1.82) is 0 Å². The number of aryl methyl sites for hydroxylation is 1. The predicted molar refractivity (Wildman–Crippen MR) is 101 cm³/mol. The second-order valence-corrected chi connectivity index (χ2v) is 9.30. The third-order valence-corrected chi connectivity index (χ3v) is 6.50. The van der Waals surface area contributed by atoms with Crippen LogP contribution in [-0.4, -0.2) is 41.3 Å². The lowest BCUT2D eigenvalue weighted by molar-refractivity contribution is -0.115. The lowest BCUT2D eigenvalue weighted by Gasteiger charge is -2.02. The monoisotopic (exact) mass is 410 g/mol. The molecule has 2 heterocycles. The summed E-state index contributed by atoms with van der Waals surface area (Å²) in [4.78, 5) is 32.0. The molecule has 3 rings (SSSR count). The van der Waals surface area contributed by atoms with Crippen LogP contribution < -0.4 is 10.1 Å². The van der Waals surface area contributed by atoms with Crippen LogP contribution in [0.25, 0.3) is 10.2 Å². The third-order valence-electron chi connectivity index (χ3n) is 3.31. The maximum atomic E-state index is 12.1. The van der Waals surface area contributed by atoms with E-state index in [1.165, 1.54) is 28.9 Å². The number of hydrogen-bond donors (Lipinski definition) is 1. The lowest BCUT2D eigenvalue weighted by Crippen LogP contribution is -2.28. The molecule has 1 aromatic carbocycles. The summed E-state index contributed by atoms with van der Waals surface area (Å²) in [6.45, 7) is 0. The van der Waals surface area contributed by atoms with Gasteiger partial charge in [0.1, 0.15) is 11.5 Å². The van der Waals surface area contributed by atoms with Gasteiger partial charge in [0.2, 0.25) is 5.91 Å². The molecule has 0 aliphatic carbocycles. The summed E-state index contributed by atoms with van der Waals surface area (Å²) >= 11 is 2.46. The Balaban J connectivity index is 1.71. The van der Waals surface area contributed by atoms with Gasteiger partial charge in [-0.05, 0) is 12.1 Å². The first-order chi connectivity index (χ1) is 12.3. The van der Waals surface area contributed by atoms with Gasteiger partial charge in [-0.15, -0.1) is 11.3 Å². The minimum absolute atomic E-state index is 0.304. The molecule has 0 bridgehead atoms. The molecule has 3 aromatic rings. The van der Waals surface area contributed by atoms with Crippen LogP contribution in [0.4, 0.5) is 5.13 Å². The highest BCUT2D eigenvalue weighted by atomic mass is 32.2. The van der Waals surface area contributed by atoms with Crippen molar-refractivity contribution >= 4 is 59.7 Å². The summed E-state index contributed by atoms with van der Waals surface area (Å²) in [6, 6.07) is 7.51. The van der Waals surface area contributed by atoms with Crippen molar-refractivity contribution in [2.75, 3.05) is 16.8 Å². The van der Waals surface area contributed by atoms with Crippen LogP contribution in [0.1, 0.15) is 0 Å². The molecule has 0 saturated carbocycles. The van der Waals surface area contributed by atoms with Gasteiger partial charge in [0.05, 0.1) is 10.2 Å². The number of rotatable bonds is 5. The maximum Gasteiger partial charge on any atom is 0.263 e. The maximum absolute atomic E-state index is 12.1. The van der Waals surface area contributed by atoms with Gasteiger partial charge in [-0.1, -0.05) is 23.5 Å². The number of carbonyl (C=O) groups is 2. The van der Waals surface area contributed by atoms with Gasteiger partial charge in [-0.3, -0.25) is 9.59 Å². The Morgan fingerprint density at radius 3 is 2.73 bits per heavy atom. The summed E-state index contributed by atoms with van der Waals surface area (Å²) in [5.41, 5.74) is 0.898. The zero-order chi connectivity index (χ0) is 18.7. The van der Waals surface area contributed by atoms with Crippen LogP contribution in [0.2, 0.25) is 0 Å². The lowest BCUT2D eigenvalue weighted by atomic mass is 10.3. The van der Waals surface area contributed by atoms with Gasteiger partial charge >= 0.3 is 0 Å². The molecule has 0 aliphatic rings. The van der Waals surface area contributed by atoms with E-state index in [0.29, 0.717) is 9.93 Å². The summed E-state index contributed by atoms with van der Waals surface area (Å²) in [7, 11) is -2.18. The summed E-state index contributed by atoms with van der Waals surface area (Å²) in [5, 5.41) is 4.33. The van der Waals surface area contributed by atoms with Crippen molar-refractivity contribution in [3.63, 3.8) is 0 Å². The Morgan fingerprint density at radius 1 is 1.27 bits per heavy atom. The van der Waals surface area contributed by atoms with E-state index in [-0.39, 0.29) is 0 Å². The topological polar surface area (TPSA) is 110 Å². The number of aromatic nitrogens is 2. The molecule has 11 heteroatoms. The van der Waals surface area contributed by atoms with Crippen molar-refractivity contribution < 1.29 is 18.0 Å². The van der Waals surface area contributed by atoms with Crippen molar-refractivity contribution in [1.82, 2.24) is 9.55 Å². The molecule has 2 amide bonds. The van der Waals surface area contributed by atoms with E-state index in [9.17, 15) is 18.0 Å². The van der Waals surface area contributed by atoms with Crippen molar-refractivity contribution in [2.24, 2.45) is 12.0 Å². The van der Waals surface area contributed by atoms with E-state index in [4.69, 9.17) is 0 Å². The number of fused-ring (bicyclic) bond motifs is 1. The standard InChI is InChI=1S/C15H14N4O4S3/c1-19-10-4-2-3-5-11(10)25-15(19)18-13(21)9-26(22,23)8-12(20)17-14-16-6-7-24-14/h2-7H,8-9H2,1H3,(H,16,17,20). The van der Waals surface area contributed by atoms with Gasteiger partial charge in [0, 0.05) is 18.6 Å². The number of nitrogens with zero attached hydrogens (tertiary/aromatic N) is 3. The Labute approximate surface area is 156 Å². The first kappa shape index (κ1) is 18.4. The molecule has 0 spiro atoms. The van der Waals surface area contributed by atoms with Gasteiger partial charge in [0.15, 0.2) is 19.8 Å². The highest BCUT2D eigenvalue weighted by Crippen LogP contribution is 2.15. The summed E-state index contributed by atoms with van der Waals surface area (Å²) in [5.74, 6) is -3.17. The third kappa shape index (κ3) is 4.42. The van der Waals surface area contributed by atoms with Crippen LogP contribution in [0.3, 0.4) is 0 Å². The predicted octanol–water partition coefficient (Wildman–Crippen LogP) is 1.18. The fourth-order valence-corrected chi connectivity index (χ4v) is 4.80. The van der Waals surface area contributed by atoms with Gasteiger partial charge in [0.25, 0.3) is 5.91 Å². The molecule has 0 aliphatic heterocycles. The van der Waals surface area contributed by atoms with Crippen LogP contribution in [0.15, 0.2) is 40.8 Å². The van der Waals surface area contributed by atoms with E-state index in [0.717, 1.165) is 10.2 Å². The van der Waals surface area contributed by atoms with Crippen LogP contribution in [0.5, 0.6) is 0 Å². The van der Waals surface area contributed by atoms with E-state index in [2.05, 4.69) is 15.3 Å². The number of anilines is 1. The average molecular weight is 411 g/mol. The molecule has 0 radical (unpaired) electrons. The number of nitrogens with one attached hydrogen (secondary N) is 1. The summed E-state index contributed by atoms with van der Waals surface area (Å²) < 4.78 is 26.8. The fraction of sp³-hybridized carbons (Fsp3) is 0.200. The van der Waals surface area contributed by atoms with Crippen molar-refractivity contribution in [3.05, 3.63) is 40.6 Å². The molecular formula is C15H14N4O4S3. The first-order valence-corrected chi connectivity index (χ1v) is 10.9. The van der Waals surface area contributed by atoms with E-state index < -0.39 is 33.2 Å². The zero-order valence-corrected chi connectivity index (χ0v) is 16.0. The normalized spacial score (nSPS) is 12.4. The minimum Gasteiger partial charge on any atom is -0.319 e. The minimum atomic E-state index is -3.93. The number of thiazole rings is 2. The molecule has 1 N–H and O–H groups in total. The molecule has 8 nitrogen and oxygen atoms in total. The molecule has 0 saturated heterocycles. The van der Waals surface area contributed by atoms with Gasteiger partial charge < -0.3 is 9.88 Å². The van der Waals surface area contributed by atoms with Crippen LogP contribution in [-0.2, 0) is 26.5 Å². The molecule has 0 unspecified atom stereocenters. The molecule has 0 atom stereocenters. The Hall–Kier alpha value is -2.37. The van der Waals surface area contributed by atoms with E-state index in [1.54, 1.807) is 17.0 Å². The highest BCUT2D eigenvalue weighted by Gasteiger charge is 2.21. The molecule has 26 heavy (non-hydrogen) atoms. The number of para-hydroxylation sites is 1. The Kier molecular flexibility index (Phi) is 5.30. The zero-order valence-electron chi connectivity index (χ0n) is 13.6. The molecule has 0 fully saturated rings. The number of benzene rings is 1. The second-order valence-electron chi connectivity index (χ2n) is 5.33. The van der Waals surface area contributed by atoms with Gasteiger partial charge in [-0.2, -0.15) is 4.99 Å². The highest BCUT2D eigenvalue weighted by molar-refractivity contribution is 7.92. The SMILES string of the molecule is Cn1c(=NC(=O)CS(=O)(=O)CC(=O)Nc2nccs2)sc2ccccc21. The quantitative estimate of drug-likeness (QED) is 0.679. The van der Waals surface area contributed by atoms with Crippen LogP contribution in [0, 0.1) is 0 Å². The second kappa shape index (κ2) is 7.48. The van der Waals surface area contributed by atoms with Crippen molar-refractivity contribution in [3.8, 4) is 0 Å². The first-order valence-electron chi connectivity index (χ1n) is 7.36. The van der Waals surface area contributed by atoms with Crippen molar-refractivity contribution in [2.45, 2.75) is 0 Å². The molecule has 2 aromatic heterocycles. The van der Waals surface area contributed by atoms with Gasteiger partial charge in [-0.25, -0.2) is 13.4 Å². The molecular weight excluding hydrogens is 396 g/mol. The fourth-order valence-electron chi connectivity index (χ4n) is 2.21. The number of carbonyl (C=O) groups excluding carboxylic acids is 2. The Bertz CT molecular complexity index is 1130. The number of amides is 2. The number of hydrogen-bond acceptors (Lipinski definition) is 7.